The Hall–Kier alpha value is -1.09. The van der Waals surface area contributed by atoms with Crippen molar-refractivity contribution in [1.82, 2.24) is 0 Å². The third kappa shape index (κ3) is 2.60. The second-order valence-electron chi connectivity index (χ2n) is 10.2. The zero-order valence-electron chi connectivity index (χ0n) is 16.7. The molecule has 0 saturated heterocycles. The minimum Gasteiger partial charge on any atom is -0.495 e. The molecule has 3 fully saturated rings. The van der Waals surface area contributed by atoms with Crippen molar-refractivity contribution in [3.63, 3.8) is 0 Å². The lowest BCUT2D eigenvalue weighted by Gasteiger charge is -2.56. The number of aliphatic hydroxyl groups excluding tert-OH is 1. The van der Waals surface area contributed by atoms with Crippen LogP contribution < -0.4 is 0 Å². The lowest BCUT2D eigenvalue weighted by atomic mass is 9.48. The van der Waals surface area contributed by atoms with Crippen LogP contribution in [0.2, 0.25) is 0 Å². The molecule has 5 aliphatic carbocycles. The molecule has 0 radical (unpaired) electrons. The Morgan fingerprint density at radius 2 is 2.04 bits per heavy atom. The van der Waals surface area contributed by atoms with Crippen LogP contribution in [0.4, 0.5) is 0 Å². The van der Waals surface area contributed by atoms with Gasteiger partial charge in [0.2, 0.25) is 0 Å². The van der Waals surface area contributed by atoms with E-state index in [0.29, 0.717) is 17.8 Å². The summed E-state index contributed by atoms with van der Waals surface area (Å²) in [5, 5.41) is 10.6. The highest BCUT2D eigenvalue weighted by Gasteiger charge is 2.59. The third-order valence-corrected chi connectivity index (χ3v) is 9.14. The van der Waals surface area contributed by atoms with Gasteiger partial charge in [-0.25, -0.2) is 0 Å². The monoisotopic (exact) mass is 370 g/mol. The van der Waals surface area contributed by atoms with Crippen LogP contribution >= 0.6 is 0 Å². The molecule has 0 aliphatic heterocycles. The summed E-state index contributed by atoms with van der Waals surface area (Å²) < 4.78 is 6.30. The van der Waals surface area contributed by atoms with Crippen LogP contribution in [0.5, 0.6) is 0 Å². The number of rotatable bonds is 3. The van der Waals surface area contributed by atoms with E-state index in [1.165, 1.54) is 24.0 Å². The summed E-state index contributed by atoms with van der Waals surface area (Å²) in [6.45, 7) is 2.30. The fraction of sp³-hybridized carbons (Fsp3) is 0.792. The Bertz CT molecular complexity index is 679. The normalized spacial score (nSPS) is 48.7. The fourth-order valence-corrected chi connectivity index (χ4v) is 7.59. The van der Waals surface area contributed by atoms with Crippen molar-refractivity contribution in [2.75, 3.05) is 0 Å². The summed E-state index contributed by atoms with van der Waals surface area (Å²) in [5.74, 6) is 2.81. The van der Waals surface area contributed by atoms with Crippen molar-refractivity contribution < 1.29 is 14.6 Å². The fourth-order valence-electron chi connectivity index (χ4n) is 7.59. The van der Waals surface area contributed by atoms with E-state index in [1.807, 2.05) is 0 Å². The Labute approximate surface area is 163 Å². The number of hydrogen-bond acceptors (Lipinski definition) is 3. The average molecular weight is 371 g/mol. The molecule has 3 saturated carbocycles. The standard InChI is InChI=1S/C24H34O3/c1-23-12-11-21-19(20(23)8-9-22(23)26)7-6-16-14-18(10-13-24(16,21)15-25)27-17-4-2-3-5-17/h4,6,15,18-22,26H,2-3,5,7-14H2,1H3/t18?,19-,20-,21+,22?,23-,24+/m0/s1. The molecule has 0 aromatic heterocycles. The molecule has 1 N–H and O–H groups in total. The van der Waals surface area contributed by atoms with Crippen molar-refractivity contribution in [2.24, 2.45) is 28.6 Å². The highest BCUT2D eigenvalue weighted by molar-refractivity contribution is 5.67. The summed E-state index contributed by atoms with van der Waals surface area (Å²) in [6.07, 6.45) is 17.8. The van der Waals surface area contributed by atoms with Crippen molar-refractivity contribution in [1.29, 1.82) is 0 Å². The van der Waals surface area contributed by atoms with Crippen molar-refractivity contribution in [2.45, 2.75) is 89.8 Å². The number of carbonyl (C=O) groups is 1. The molecule has 0 spiro atoms. The van der Waals surface area contributed by atoms with E-state index < -0.39 is 0 Å². The van der Waals surface area contributed by atoms with Gasteiger partial charge in [0, 0.05) is 12.8 Å². The topological polar surface area (TPSA) is 46.5 Å². The van der Waals surface area contributed by atoms with E-state index in [0.717, 1.165) is 64.2 Å². The van der Waals surface area contributed by atoms with Crippen LogP contribution in [0, 0.1) is 28.6 Å². The van der Waals surface area contributed by atoms with E-state index >= 15 is 0 Å². The quantitative estimate of drug-likeness (QED) is 0.565. The van der Waals surface area contributed by atoms with E-state index in [9.17, 15) is 9.90 Å². The molecular weight excluding hydrogens is 336 g/mol. The predicted molar refractivity (Wildman–Crippen MR) is 105 cm³/mol. The molecular formula is C24H34O3. The van der Waals surface area contributed by atoms with E-state index in [2.05, 4.69) is 19.1 Å². The molecule has 0 aromatic carbocycles. The molecule has 3 nitrogen and oxygen atoms in total. The molecule has 0 aromatic rings. The average Bonchev–Trinajstić information content (AvgIpc) is 3.29. The Morgan fingerprint density at radius 1 is 1.15 bits per heavy atom. The number of carbonyl (C=O) groups excluding carboxylic acids is 1. The van der Waals surface area contributed by atoms with Gasteiger partial charge in [-0.2, -0.15) is 0 Å². The Morgan fingerprint density at radius 3 is 2.81 bits per heavy atom. The summed E-state index contributed by atoms with van der Waals surface area (Å²) in [4.78, 5) is 12.5. The lowest BCUT2D eigenvalue weighted by molar-refractivity contribution is -0.128. The van der Waals surface area contributed by atoms with Gasteiger partial charge in [-0.05, 0) is 87.0 Å². The van der Waals surface area contributed by atoms with E-state index in [1.54, 1.807) is 0 Å². The first kappa shape index (κ1) is 18.0. The van der Waals surface area contributed by atoms with Crippen LogP contribution in [0.3, 0.4) is 0 Å². The first-order chi connectivity index (χ1) is 13.1. The summed E-state index contributed by atoms with van der Waals surface area (Å²) in [5.41, 5.74) is 1.20. The summed E-state index contributed by atoms with van der Waals surface area (Å²) >= 11 is 0. The van der Waals surface area contributed by atoms with Gasteiger partial charge in [0.1, 0.15) is 12.4 Å². The summed E-state index contributed by atoms with van der Waals surface area (Å²) in [6, 6.07) is 0. The molecule has 0 bridgehead atoms. The second-order valence-corrected chi connectivity index (χ2v) is 10.2. The minimum atomic E-state index is -0.248. The molecule has 27 heavy (non-hydrogen) atoms. The number of fused-ring (bicyclic) bond motifs is 5. The number of hydrogen-bond donors (Lipinski definition) is 1. The SMILES string of the molecule is C[C@]12CC[C@@H]3[C@@H](CC=C4CC(OC5=CCCC5)CC[C@@]43C=O)[C@@H]1CCC2O. The molecule has 0 heterocycles. The number of ether oxygens (including phenoxy) is 1. The maximum absolute atomic E-state index is 12.5. The van der Waals surface area contributed by atoms with Gasteiger partial charge in [-0.15, -0.1) is 0 Å². The predicted octanol–water partition coefficient (Wildman–Crippen LogP) is 4.94. The first-order valence-electron chi connectivity index (χ1n) is 11.3. The van der Waals surface area contributed by atoms with E-state index in [-0.39, 0.29) is 23.0 Å². The molecule has 3 heteroatoms. The van der Waals surface area contributed by atoms with Crippen LogP contribution in [0.25, 0.3) is 0 Å². The van der Waals surface area contributed by atoms with Crippen LogP contribution in [0.1, 0.15) is 77.6 Å². The van der Waals surface area contributed by atoms with Crippen LogP contribution in [-0.2, 0) is 9.53 Å². The Balaban J connectivity index is 1.40. The van der Waals surface area contributed by atoms with Crippen LogP contribution in [-0.4, -0.2) is 23.6 Å². The highest BCUT2D eigenvalue weighted by Crippen LogP contribution is 2.64. The maximum Gasteiger partial charge on any atom is 0.130 e. The maximum atomic E-state index is 12.5. The Kier molecular flexibility index (Phi) is 4.31. The molecule has 5 rings (SSSR count). The molecule has 2 unspecified atom stereocenters. The van der Waals surface area contributed by atoms with Crippen LogP contribution in [0.15, 0.2) is 23.5 Å². The van der Waals surface area contributed by atoms with Gasteiger partial charge in [0.05, 0.1) is 17.3 Å². The van der Waals surface area contributed by atoms with Crippen molar-refractivity contribution in [3.05, 3.63) is 23.5 Å². The van der Waals surface area contributed by atoms with Gasteiger partial charge in [0.25, 0.3) is 0 Å². The molecule has 7 atom stereocenters. The minimum absolute atomic E-state index is 0.0752. The smallest absolute Gasteiger partial charge is 0.130 e. The molecule has 0 amide bonds. The lowest BCUT2D eigenvalue weighted by Crippen LogP contribution is -2.52. The largest absolute Gasteiger partial charge is 0.495 e. The van der Waals surface area contributed by atoms with Gasteiger partial charge < -0.3 is 14.6 Å². The number of allylic oxidation sites excluding steroid dienone is 3. The van der Waals surface area contributed by atoms with Gasteiger partial charge in [0.15, 0.2) is 0 Å². The van der Waals surface area contributed by atoms with Gasteiger partial charge in [-0.3, -0.25) is 0 Å². The van der Waals surface area contributed by atoms with Gasteiger partial charge >= 0.3 is 0 Å². The van der Waals surface area contributed by atoms with Crippen molar-refractivity contribution >= 4 is 6.29 Å². The van der Waals surface area contributed by atoms with E-state index in [4.69, 9.17) is 4.74 Å². The molecule has 148 valence electrons. The number of aldehydes is 1. The molecule has 5 aliphatic rings. The summed E-state index contributed by atoms with van der Waals surface area (Å²) in [7, 11) is 0. The zero-order chi connectivity index (χ0) is 18.6. The first-order valence-corrected chi connectivity index (χ1v) is 11.3. The van der Waals surface area contributed by atoms with Gasteiger partial charge in [-0.1, -0.05) is 18.6 Å². The third-order valence-electron chi connectivity index (χ3n) is 9.14. The number of aliphatic hydroxyl groups is 1. The van der Waals surface area contributed by atoms with Crippen molar-refractivity contribution in [3.8, 4) is 0 Å². The highest BCUT2D eigenvalue weighted by atomic mass is 16.5. The second kappa shape index (κ2) is 6.47. The zero-order valence-corrected chi connectivity index (χ0v) is 16.7.